The number of carbonyl (C=O) groups excluding carboxylic acids is 1. The fraction of sp³-hybridized carbons (Fsp3) is 0.400. The molecule has 1 saturated heterocycles. The molecule has 1 aromatic heterocycles. The van der Waals surface area contributed by atoms with E-state index in [0.717, 1.165) is 0 Å². The Kier molecular flexibility index (Phi) is 2.91. The van der Waals surface area contributed by atoms with Gasteiger partial charge in [-0.15, -0.1) is 11.8 Å². The summed E-state index contributed by atoms with van der Waals surface area (Å²) in [7, 11) is 1.77. The molecule has 0 aliphatic carbocycles. The lowest BCUT2D eigenvalue weighted by atomic mass is 10.2. The summed E-state index contributed by atoms with van der Waals surface area (Å²) in [5, 5.41) is 8.99. The van der Waals surface area contributed by atoms with E-state index in [-0.39, 0.29) is 5.91 Å². The van der Waals surface area contributed by atoms with Crippen LogP contribution in [0.2, 0.25) is 0 Å². The number of aryl methyl sites for hydroxylation is 1. The first-order chi connectivity index (χ1) is 7.61. The number of amides is 1. The molecule has 0 spiro atoms. The van der Waals surface area contributed by atoms with Crippen LogP contribution in [0.5, 0.6) is 0 Å². The minimum Gasteiger partial charge on any atom is -0.480 e. The lowest BCUT2D eigenvalue weighted by molar-refractivity contribution is -0.140. The van der Waals surface area contributed by atoms with Crippen LogP contribution in [0.1, 0.15) is 10.5 Å². The second kappa shape index (κ2) is 4.21. The van der Waals surface area contributed by atoms with Gasteiger partial charge in [-0.2, -0.15) is 0 Å². The number of thioether (sulfide) groups is 1. The van der Waals surface area contributed by atoms with Gasteiger partial charge in [-0.1, -0.05) is 0 Å². The predicted molar refractivity (Wildman–Crippen MR) is 60.3 cm³/mol. The summed E-state index contributed by atoms with van der Waals surface area (Å²) in [4.78, 5) is 24.4. The zero-order valence-corrected chi connectivity index (χ0v) is 9.61. The number of carbonyl (C=O) groups is 2. The summed E-state index contributed by atoms with van der Waals surface area (Å²) in [5.41, 5.74) is 0.522. The van der Waals surface area contributed by atoms with Gasteiger partial charge >= 0.3 is 5.97 Å². The highest BCUT2D eigenvalue weighted by Crippen LogP contribution is 2.23. The average Bonchev–Trinajstić information content (AvgIpc) is 2.84. The highest BCUT2D eigenvalue weighted by atomic mass is 32.2. The van der Waals surface area contributed by atoms with E-state index in [2.05, 4.69) is 0 Å². The minimum atomic E-state index is -0.937. The minimum absolute atomic E-state index is 0.218. The maximum absolute atomic E-state index is 12.1. The molecule has 0 bridgehead atoms. The Hall–Kier alpha value is -1.43. The van der Waals surface area contributed by atoms with Crippen molar-refractivity contribution in [2.45, 2.75) is 6.04 Å². The Morgan fingerprint density at radius 2 is 2.31 bits per heavy atom. The van der Waals surface area contributed by atoms with E-state index < -0.39 is 12.0 Å². The van der Waals surface area contributed by atoms with E-state index in [4.69, 9.17) is 5.11 Å². The smallest absolute Gasteiger partial charge is 0.327 e. The van der Waals surface area contributed by atoms with Crippen molar-refractivity contribution in [1.29, 1.82) is 0 Å². The number of hydrogen-bond acceptors (Lipinski definition) is 3. The lowest BCUT2D eigenvalue weighted by Gasteiger charge is -2.20. The Morgan fingerprint density at radius 3 is 2.88 bits per heavy atom. The summed E-state index contributed by atoms with van der Waals surface area (Å²) < 4.78 is 1.70. The summed E-state index contributed by atoms with van der Waals surface area (Å²) >= 11 is 1.47. The topological polar surface area (TPSA) is 62.5 Å². The molecule has 2 heterocycles. The molecule has 6 heteroatoms. The van der Waals surface area contributed by atoms with E-state index in [1.165, 1.54) is 16.7 Å². The first kappa shape index (κ1) is 11.1. The van der Waals surface area contributed by atoms with Crippen molar-refractivity contribution in [2.75, 3.05) is 11.6 Å². The van der Waals surface area contributed by atoms with Gasteiger partial charge < -0.3 is 14.6 Å². The predicted octanol–water partition coefficient (Wildman–Crippen LogP) is 0.625. The van der Waals surface area contributed by atoms with Crippen LogP contribution in [-0.2, 0) is 11.8 Å². The monoisotopic (exact) mass is 240 g/mol. The molecule has 1 aliphatic rings. The third-order valence-electron chi connectivity index (χ3n) is 2.59. The Balaban J connectivity index is 2.22. The highest BCUT2D eigenvalue weighted by Gasteiger charge is 2.35. The first-order valence-corrected chi connectivity index (χ1v) is 5.99. The van der Waals surface area contributed by atoms with Gasteiger partial charge in [0.2, 0.25) is 0 Å². The van der Waals surface area contributed by atoms with Crippen molar-refractivity contribution >= 4 is 23.6 Å². The number of aliphatic carboxylic acids is 1. The van der Waals surface area contributed by atoms with Crippen LogP contribution in [-0.4, -0.2) is 44.1 Å². The number of carboxylic acids is 1. The van der Waals surface area contributed by atoms with E-state index in [1.54, 1.807) is 29.9 Å². The average molecular weight is 240 g/mol. The lowest BCUT2D eigenvalue weighted by Crippen LogP contribution is -2.42. The van der Waals surface area contributed by atoms with E-state index >= 15 is 0 Å². The van der Waals surface area contributed by atoms with Gasteiger partial charge in [-0.05, 0) is 12.1 Å². The van der Waals surface area contributed by atoms with Crippen LogP contribution in [0.4, 0.5) is 0 Å². The molecule has 1 amide bonds. The molecule has 16 heavy (non-hydrogen) atoms. The first-order valence-electron chi connectivity index (χ1n) is 4.84. The van der Waals surface area contributed by atoms with Crippen molar-refractivity contribution in [3.8, 4) is 0 Å². The zero-order valence-electron chi connectivity index (χ0n) is 8.79. The van der Waals surface area contributed by atoms with Crippen molar-refractivity contribution in [2.24, 2.45) is 7.05 Å². The molecule has 1 atom stereocenters. The van der Waals surface area contributed by atoms with Gasteiger partial charge in [0.1, 0.15) is 11.7 Å². The zero-order chi connectivity index (χ0) is 11.7. The van der Waals surface area contributed by atoms with Crippen LogP contribution < -0.4 is 0 Å². The normalized spacial score (nSPS) is 20.1. The number of rotatable bonds is 2. The molecule has 0 radical (unpaired) electrons. The quantitative estimate of drug-likeness (QED) is 0.823. The van der Waals surface area contributed by atoms with Gasteiger partial charge in [0.25, 0.3) is 5.91 Å². The van der Waals surface area contributed by atoms with E-state index in [1.807, 2.05) is 0 Å². The Bertz CT molecular complexity index is 429. The fourth-order valence-electron chi connectivity index (χ4n) is 1.68. The van der Waals surface area contributed by atoms with Crippen LogP contribution in [0.25, 0.3) is 0 Å². The molecule has 1 N–H and O–H groups in total. The second-order valence-corrected chi connectivity index (χ2v) is 4.63. The van der Waals surface area contributed by atoms with E-state index in [0.29, 0.717) is 17.3 Å². The molecule has 1 aromatic rings. The third-order valence-corrected chi connectivity index (χ3v) is 3.60. The van der Waals surface area contributed by atoms with Crippen LogP contribution in [0.15, 0.2) is 18.3 Å². The van der Waals surface area contributed by atoms with Gasteiger partial charge in [0.05, 0.1) is 5.88 Å². The molecular weight excluding hydrogens is 228 g/mol. The SMILES string of the molecule is Cn1cccc1C(=O)N1CSCC1C(=O)O. The second-order valence-electron chi connectivity index (χ2n) is 3.63. The summed E-state index contributed by atoms with van der Waals surface area (Å²) in [6.07, 6.45) is 1.77. The number of nitrogens with zero attached hydrogens (tertiary/aromatic N) is 2. The van der Waals surface area contributed by atoms with Crippen LogP contribution >= 0.6 is 11.8 Å². The standard InChI is InChI=1S/C10H12N2O3S/c1-11-4-2-3-7(11)9(13)12-6-16-5-8(12)10(14)15/h2-4,8H,5-6H2,1H3,(H,14,15). The molecule has 5 nitrogen and oxygen atoms in total. The van der Waals surface area contributed by atoms with Crippen molar-refractivity contribution in [1.82, 2.24) is 9.47 Å². The third kappa shape index (κ3) is 1.80. The van der Waals surface area contributed by atoms with Gasteiger partial charge in [-0.3, -0.25) is 4.79 Å². The Morgan fingerprint density at radius 1 is 1.56 bits per heavy atom. The molecule has 1 unspecified atom stereocenters. The van der Waals surface area contributed by atoms with Gasteiger partial charge in [0.15, 0.2) is 0 Å². The van der Waals surface area contributed by atoms with E-state index in [9.17, 15) is 9.59 Å². The fourth-order valence-corrected chi connectivity index (χ4v) is 2.82. The summed E-state index contributed by atoms with van der Waals surface area (Å²) in [6, 6.07) is 2.77. The molecule has 2 rings (SSSR count). The number of carboxylic acid groups (broad SMARTS) is 1. The highest BCUT2D eigenvalue weighted by molar-refractivity contribution is 7.99. The maximum atomic E-state index is 12.1. The molecule has 0 saturated carbocycles. The van der Waals surface area contributed by atoms with Crippen molar-refractivity contribution in [3.05, 3.63) is 24.0 Å². The van der Waals surface area contributed by atoms with Crippen LogP contribution in [0, 0.1) is 0 Å². The molecule has 86 valence electrons. The molecule has 1 fully saturated rings. The summed E-state index contributed by atoms with van der Waals surface area (Å²) in [5.74, 6) is -0.246. The Labute approximate surface area is 97.0 Å². The maximum Gasteiger partial charge on any atom is 0.327 e. The van der Waals surface area contributed by atoms with Gasteiger partial charge in [-0.25, -0.2) is 4.79 Å². The largest absolute Gasteiger partial charge is 0.480 e. The van der Waals surface area contributed by atoms with Crippen molar-refractivity contribution in [3.63, 3.8) is 0 Å². The van der Waals surface area contributed by atoms with Gasteiger partial charge in [0, 0.05) is 19.0 Å². The summed E-state index contributed by atoms with van der Waals surface area (Å²) in [6.45, 7) is 0. The molecular formula is C10H12N2O3S. The number of aromatic nitrogens is 1. The molecule has 1 aliphatic heterocycles. The molecule has 0 aromatic carbocycles. The van der Waals surface area contributed by atoms with Crippen LogP contribution in [0.3, 0.4) is 0 Å². The van der Waals surface area contributed by atoms with Crippen molar-refractivity contribution < 1.29 is 14.7 Å². The number of hydrogen-bond donors (Lipinski definition) is 1.